The zero-order valence-electron chi connectivity index (χ0n) is 6.51. The average molecular weight is 171 g/mol. The predicted octanol–water partition coefficient (Wildman–Crippen LogP) is -1.29. The van der Waals surface area contributed by atoms with Crippen LogP contribution in [0.3, 0.4) is 0 Å². The Morgan fingerprint density at radius 3 is 2.92 bits per heavy atom. The molecule has 0 spiro atoms. The first kappa shape index (κ1) is 8.69. The van der Waals surface area contributed by atoms with Crippen LogP contribution in [0.5, 0.6) is 0 Å². The quantitative estimate of drug-likeness (QED) is 0.494. The first-order chi connectivity index (χ1) is 5.74. The predicted molar refractivity (Wildman–Crippen MR) is 41.5 cm³/mol. The topological polar surface area (TPSA) is 87.0 Å². The zero-order chi connectivity index (χ0) is 8.97. The van der Waals surface area contributed by atoms with E-state index in [-0.39, 0.29) is 6.54 Å². The highest BCUT2D eigenvalue weighted by Gasteiger charge is 1.97. The number of hydroxylamine groups is 1. The monoisotopic (exact) mass is 171 g/mol. The molecule has 1 rings (SSSR count). The summed E-state index contributed by atoms with van der Waals surface area (Å²) in [7, 11) is 1.44. The summed E-state index contributed by atoms with van der Waals surface area (Å²) in [5, 5.41) is 0. The number of nitrogens with one attached hydrogen (secondary N) is 3. The molecule has 3 N–H and O–H groups in total. The third-order valence-corrected chi connectivity index (χ3v) is 1.30. The number of hydrogen-bond acceptors (Lipinski definition) is 4. The third-order valence-electron chi connectivity index (χ3n) is 1.30. The van der Waals surface area contributed by atoms with Crippen LogP contribution in [0.25, 0.3) is 0 Å². The van der Waals surface area contributed by atoms with E-state index in [1.165, 1.54) is 13.3 Å². The Morgan fingerprint density at radius 2 is 2.33 bits per heavy atom. The Hall–Kier alpha value is -1.40. The number of rotatable bonds is 3. The molecule has 0 aliphatic rings. The molecule has 12 heavy (non-hydrogen) atoms. The Balaban J connectivity index is 2.87. The molecule has 0 atom stereocenters. The molecular weight excluding hydrogens is 162 g/mol. The van der Waals surface area contributed by atoms with Gasteiger partial charge in [-0.25, -0.2) is 4.79 Å². The maximum Gasteiger partial charge on any atom is 0.325 e. The van der Waals surface area contributed by atoms with Crippen LogP contribution in [0, 0.1) is 0 Å². The Morgan fingerprint density at radius 1 is 1.58 bits per heavy atom. The lowest BCUT2D eigenvalue weighted by Gasteiger charge is -1.98. The van der Waals surface area contributed by atoms with Crippen LogP contribution in [-0.4, -0.2) is 17.1 Å². The molecular formula is C6H9N3O3. The van der Waals surface area contributed by atoms with Crippen molar-refractivity contribution in [3.63, 3.8) is 0 Å². The van der Waals surface area contributed by atoms with Crippen molar-refractivity contribution in [2.45, 2.75) is 6.54 Å². The summed E-state index contributed by atoms with van der Waals surface area (Å²) >= 11 is 0. The molecule has 1 heterocycles. The summed E-state index contributed by atoms with van der Waals surface area (Å²) in [6.45, 7) is 0.253. The molecule has 66 valence electrons. The first-order valence-corrected chi connectivity index (χ1v) is 3.31. The van der Waals surface area contributed by atoms with E-state index in [4.69, 9.17) is 0 Å². The molecule has 0 unspecified atom stereocenters. The summed E-state index contributed by atoms with van der Waals surface area (Å²) in [5.41, 5.74) is 1.97. The van der Waals surface area contributed by atoms with Crippen LogP contribution in [0.4, 0.5) is 0 Å². The molecule has 1 aromatic heterocycles. The van der Waals surface area contributed by atoms with Crippen LogP contribution in [0.2, 0.25) is 0 Å². The largest absolute Gasteiger partial charge is 0.325 e. The smallest absolute Gasteiger partial charge is 0.314 e. The van der Waals surface area contributed by atoms with Crippen LogP contribution in [0.15, 0.2) is 15.8 Å². The lowest BCUT2D eigenvalue weighted by Crippen LogP contribution is -2.27. The van der Waals surface area contributed by atoms with Crippen LogP contribution >= 0.6 is 0 Å². The number of aromatic amines is 2. The highest BCUT2D eigenvalue weighted by atomic mass is 16.6. The molecule has 0 radical (unpaired) electrons. The van der Waals surface area contributed by atoms with E-state index in [9.17, 15) is 9.59 Å². The molecule has 0 amide bonds. The second-order valence-electron chi connectivity index (χ2n) is 2.12. The summed E-state index contributed by atoms with van der Waals surface area (Å²) < 4.78 is 0. The van der Waals surface area contributed by atoms with Gasteiger partial charge in [0.1, 0.15) is 0 Å². The second kappa shape index (κ2) is 3.84. The Kier molecular flexibility index (Phi) is 2.78. The molecule has 0 bridgehead atoms. The number of aromatic nitrogens is 2. The first-order valence-electron chi connectivity index (χ1n) is 3.31. The summed E-state index contributed by atoms with van der Waals surface area (Å²) in [4.78, 5) is 30.5. The molecule has 0 fully saturated rings. The van der Waals surface area contributed by atoms with Gasteiger partial charge in [-0.05, 0) is 0 Å². The van der Waals surface area contributed by atoms with E-state index >= 15 is 0 Å². The number of H-pyrrole nitrogens is 2. The summed E-state index contributed by atoms with van der Waals surface area (Å²) in [6, 6.07) is 0. The van der Waals surface area contributed by atoms with Gasteiger partial charge >= 0.3 is 5.69 Å². The maximum absolute atomic E-state index is 11.0. The maximum atomic E-state index is 11.0. The van der Waals surface area contributed by atoms with Gasteiger partial charge in [-0.15, -0.1) is 0 Å². The lowest BCUT2D eigenvalue weighted by atomic mass is 10.3. The van der Waals surface area contributed by atoms with Gasteiger partial charge in [-0.3, -0.25) is 9.78 Å². The van der Waals surface area contributed by atoms with Crippen LogP contribution < -0.4 is 16.7 Å². The average Bonchev–Trinajstić information content (AvgIpc) is 2.03. The molecule has 6 nitrogen and oxygen atoms in total. The molecule has 0 aliphatic carbocycles. The fourth-order valence-electron chi connectivity index (χ4n) is 0.719. The van der Waals surface area contributed by atoms with Gasteiger partial charge in [0.25, 0.3) is 5.56 Å². The second-order valence-corrected chi connectivity index (χ2v) is 2.12. The van der Waals surface area contributed by atoms with Crippen molar-refractivity contribution in [2.24, 2.45) is 0 Å². The van der Waals surface area contributed by atoms with Gasteiger partial charge in [-0.1, -0.05) is 0 Å². The highest BCUT2D eigenvalue weighted by molar-refractivity contribution is 5.01. The van der Waals surface area contributed by atoms with Crippen molar-refractivity contribution < 1.29 is 4.84 Å². The lowest BCUT2D eigenvalue weighted by molar-refractivity contribution is 0.0863. The standard InChI is InChI=1S/C6H9N3O3/c1-12-8-3-4-2-7-6(11)9-5(4)10/h2,8H,3H2,1H3,(H2,7,9,10,11). The van der Waals surface area contributed by atoms with Crippen molar-refractivity contribution in [2.75, 3.05) is 7.11 Å². The van der Waals surface area contributed by atoms with E-state index < -0.39 is 11.2 Å². The van der Waals surface area contributed by atoms with E-state index in [0.717, 1.165) is 0 Å². The third kappa shape index (κ3) is 2.04. The molecule has 0 saturated heterocycles. The van der Waals surface area contributed by atoms with E-state index in [2.05, 4.69) is 20.3 Å². The van der Waals surface area contributed by atoms with Gasteiger partial charge in [0.2, 0.25) is 0 Å². The van der Waals surface area contributed by atoms with Crippen molar-refractivity contribution in [3.05, 3.63) is 32.6 Å². The van der Waals surface area contributed by atoms with Gasteiger partial charge < -0.3 is 9.82 Å². The zero-order valence-corrected chi connectivity index (χ0v) is 6.51. The minimum absolute atomic E-state index is 0.253. The van der Waals surface area contributed by atoms with E-state index in [1.807, 2.05) is 0 Å². The molecule has 1 aromatic rings. The van der Waals surface area contributed by atoms with Crippen LogP contribution in [-0.2, 0) is 11.4 Å². The molecule has 0 saturated carbocycles. The van der Waals surface area contributed by atoms with E-state index in [0.29, 0.717) is 5.56 Å². The molecule has 0 aromatic carbocycles. The minimum atomic E-state index is -0.513. The molecule has 0 aliphatic heterocycles. The number of hydrogen-bond donors (Lipinski definition) is 3. The van der Waals surface area contributed by atoms with Crippen molar-refractivity contribution in [1.82, 2.24) is 15.4 Å². The van der Waals surface area contributed by atoms with E-state index in [1.54, 1.807) is 0 Å². The van der Waals surface area contributed by atoms with Crippen molar-refractivity contribution >= 4 is 0 Å². The normalized spacial score (nSPS) is 10.1. The van der Waals surface area contributed by atoms with Gasteiger partial charge in [0.15, 0.2) is 0 Å². The van der Waals surface area contributed by atoms with Crippen molar-refractivity contribution in [1.29, 1.82) is 0 Å². The van der Waals surface area contributed by atoms with Gasteiger partial charge in [0, 0.05) is 11.8 Å². The fraction of sp³-hybridized carbons (Fsp3) is 0.333. The Labute approximate surface area is 67.5 Å². The fourth-order valence-corrected chi connectivity index (χ4v) is 0.719. The Bertz CT molecular complexity index is 354. The van der Waals surface area contributed by atoms with Gasteiger partial charge in [-0.2, -0.15) is 5.48 Å². The molecule has 6 heteroatoms. The van der Waals surface area contributed by atoms with Crippen molar-refractivity contribution in [3.8, 4) is 0 Å². The van der Waals surface area contributed by atoms with Crippen LogP contribution in [0.1, 0.15) is 5.56 Å². The van der Waals surface area contributed by atoms with Gasteiger partial charge in [0.05, 0.1) is 13.7 Å². The SMILES string of the molecule is CONCc1c[nH]c(=O)[nH]c1=O. The summed E-state index contributed by atoms with van der Waals surface area (Å²) in [5.74, 6) is 0. The minimum Gasteiger partial charge on any atom is -0.314 e. The summed E-state index contributed by atoms with van der Waals surface area (Å²) in [6.07, 6.45) is 1.34. The highest BCUT2D eigenvalue weighted by Crippen LogP contribution is 1.81.